The summed E-state index contributed by atoms with van der Waals surface area (Å²) >= 11 is 0. The summed E-state index contributed by atoms with van der Waals surface area (Å²) in [5.41, 5.74) is 2.84. The zero-order chi connectivity index (χ0) is 18.5. The molecule has 1 aliphatic heterocycles. The molecule has 0 bridgehead atoms. The minimum atomic E-state index is -0.224. The van der Waals surface area contributed by atoms with E-state index in [9.17, 15) is 9.18 Å². The van der Waals surface area contributed by atoms with Gasteiger partial charge in [0.05, 0.1) is 12.2 Å². The summed E-state index contributed by atoms with van der Waals surface area (Å²) in [6, 6.07) is 14.2. The molecule has 2 aromatic carbocycles. The van der Waals surface area contributed by atoms with Crippen LogP contribution in [0.5, 0.6) is 0 Å². The molecule has 1 saturated heterocycles. The minimum absolute atomic E-state index is 0.0535. The number of morpholine rings is 1. The molecule has 1 heterocycles. The van der Waals surface area contributed by atoms with Crippen LogP contribution in [-0.2, 0) is 17.8 Å². The van der Waals surface area contributed by atoms with Gasteiger partial charge in [0.1, 0.15) is 5.82 Å². The second-order valence-corrected chi connectivity index (χ2v) is 6.89. The van der Waals surface area contributed by atoms with Crippen LogP contribution in [0.25, 0.3) is 0 Å². The average Bonchev–Trinajstić information content (AvgIpc) is 2.62. The molecule has 4 nitrogen and oxygen atoms in total. The van der Waals surface area contributed by atoms with Gasteiger partial charge in [-0.1, -0.05) is 24.3 Å². The van der Waals surface area contributed by atoms with Gasteiger partial charge < -0.3 is 15.0 Å². The Morgan fingerprint density at radius 3 is 2.04 bits per heavy atom. The van der Waals surface area contributed by atoms with Crippen molar-refractivity contribution in [3.05, 3.63) is 71.0 Å². The second-order valence-electron chi connectivity index (χ2n) is 6.89. The molecule has 0 spiro atoms. The lowest BCUT2D eigenvalue weighted by Gasteiger charge is -2.35. The lowest BCUT2D eigenvalue weighted by molar-refractivity contribution is -0.0586. The average molecular weight is 356 g/mol. The van der Waals surface area contributed by atoms with Crippen LogP contribution >= 0.6 is 0 Å². The van der Waals surface area contributed by atoms with Crippen LogP contribution in [0.15, 0.2) is 48.5 Å². The number of benzene rings is 2. The molecule has 1 N–H and O–H groups in total. The van der Waals surface area contributed by atoms with Crippen LogP contribution < -0.4 is 5.32 Å². The summed E-state index contributed by atoms with van der Waals surface area (Å²) in [7, 11) is 0. The van der Waals surface area contributed by atoms with E-state index in [4.69, 9.17) is 4.74 Å². The number of hydrogen-bond donors (Lipinski definition) is 1. The number of rotatable bonds is 5. The largest absolute Gasteiger partial charge is 0.372 e. The van der Waals surface area contributed by atoms with Gasteiger partial charge in [0.25, 0.3) is 5.91 Å². The van der Waals surface area contributed by atoms with Crippen LogP contribution in [0.1, 0.15) is 35.3 Å². The predicted octanol–water partition coefficient (Wildman–Crippen LogP) is 3.36. The van der Waals surface area contributed by atoms with Crippen LogP contribution in [0.3, 0.4) is 0 Å². The SMILES string of the molecule is C[C@@H]1CN(C(=O)c2ccc(CNCc3ccc(F)cc3)cc2)C[C@@H](C)O1. The quantitative estimate of drug-likeness (QED) is 0.893. The number of carbonyl (C=O) groups is 1. The Morgan fingerprint density at radius 1 is 1.00 bits per heavy atom. The zero-order valence-electron chi connectivity index (χ0n) is 15.2. The first kappa shape index (κ1) is 18.5. The summed E-state index contributed by atoms with van der Waals surface area (Å²) in [4.78, 5) is 14.5. The number of hydrogen-bond acceptors (Lipinski definition) is 3. The monoisotopic (exact) mass is 356 g/mol. The molecule has 26 heavy (non-hydrogen) atoms. The van der Waals surface area contributed by atoms with E-state index in [1.807, 2.05) is 43.0 Å². The molecule has 1 aliphatic rings. The lowest BCUT2D eigenvalue weighted by Crippen LogP contribution is -2.48. The smallest absolute Gasteiger partial charge is 0.254 e. The first-order valence-corrected chi connectivity index (χ1v) is 9.00. The van der Waals surface area contributed by atoms with E-state index < -0.39 is 0 Å². The number of nitrogens with zero attached hydrogens (tertiary/aromatic N) is 1. The highest BCUT2D eigenvalue weighted by Gasteiger charge is 2.26. The van der Waals surface area contributed by atoms with E-state index in [2.05, 4.69) is 5.32 Å². The third kappa shape index (κ3) is 4.90. The van der Waals surface area contributed by atoms with Crippen molar-refractivity contribution in [2.45, 2.75) is 39.1 Å². The Bertz CT molecular complexity index is 721. The summed E-state index contributed by atoms with van der Waals surface area (Å²) in [6.45, 7) is 6.61. The molecular weight excluding hydrogens is 331 g/mol. The Labute approximate surface area is 154 Å². The summed E-state index contributed by atoms with van der Waals surface area (Å²) in [5.74, 6) is -0.170. The van der Waals surface area contributed by atoms with Crippen molar-refractivity contribution >= 4 is 5.91 Å². The van der Waals surface area contributed by atoms with Crippen LogP contribution in [0, 0.1) is 5.82 Å². The molecule has 0 saturated carbocycles. The van der Waals surface area contributed by atoms with E-state index in [0.29, 0.717) is 31.7 Å². The number of carbonyl (C=O) groups excluding carboxylic acids is 1. The Balaban J connectivity index is 1.52. The maximum Gasteiger partial charge on any atom is 0.254 e. The molecule has 0 radical (unpaired) electrons. The molecule has 1 fully saturated rings. The van der Waals surface area contributed by atoms with Gasteiger partial charge in [0.2, 0.25) is 0 Å². The van der Waals surface area contributed by atoms with Crippen molar-refractivity contribution in [1.82, 2.24) is 10.2 Å². The van der Waals surface area contributed by atoms with E-state index >= 15 is 0 Å². The fourth-order valence-corrected chi connectivity index (χ4v) is 3.24. The molecule has 5 heteroatoms. The number of amides is 1. The molecule has 0 aliphatic carbocycles. The molecule has 1 amide bonds. The van der Waals surface area contributed by atoms with E-state index in [1.54, 1.807) is 12.1 Å². The van der Waals surface area contributed by atoms with Gasteiger partial charge in [-0.2, -0.15) is 0 Å². The molecule has 2 atom stereocenters. The number of ether oxygens (including phenoxy) is 1. The van der Waals surface area contributed by atoms with Gasteiger partial charge in [-0.25, -0.2) is 4.39 Å². The first-order valence-electron chi connectivity index (χ1n) is 9.00. The normalized spacial score (nSPS) is 20.2. The predicted molar refractivity (Wildman–Crippen MR) is 99.3 cm³/mol. The fourth-order valence-electron chi connectivity index (χ4n) is 3.24. The molecular formula is C21H25FN2O2. The second kappa shape index (κ2) is 8.43. The van der Waals surface area contributed by atoms with Crippen molar-refractivity contribution in [1.29, 1.82) is 0 Å². The molecule has 138 valence electrons. The fraction of sp³-hybridized carbons (Fsp3) is 0.381. The topological polar surface area (TPSA) is 41.6 Å². The van der Waals surface area contributed by atoms with Gasteiger partial charge in [-0.05, 0) is 49.2 Å². The van der Waals surface area contributed by atoms with Gasteiger partial charge in [-0.3, -0.25) is 4.79 Å². The van der Waals surface area contributed by atoms with Crippen molar-refractivity contribution in [2.24, 2.45) is 0 Å². The highest BCUT2D eigenvalue weighted by molar-refractivity contribution is 5.94. The maximum absolute atomic E-state index is 12.9. The van der Waals surface area contributed by atoms with Crippen molar-refractivity contribution in [3.8, 4) is 0 Å². The van der Waals surface area contributed by atoms with E-state index in [-0.39, 0.29) is 23.9 Å². The molecule has 3 rings (SSSR count). The van der Waals surface area contributed by atoms with Crippen molar-refractivity contribution in [3.63, 3.8) is 0 Å². The van der Waals surface area contributed by atoms with Gasteiger partial charge in [0, 0.05) is 31.7 Å². The zero-order valence-corrected chi connectivity index (χ0v) is 15.2. The van der Waals surface area contributed by atoms with E-state index in [0.717, 1.165) is 11.1 Å². The lowest BCUT2D eigenvalue weighted by atomic mass is 10.1. The molecule has 2 aromatic rings. The van der Waals surface area contributed by atoms with Crippen molar-refractivity contribution in [2.75, 3.05) is 13.1 Å². The van der Waals surface area contributed by atoms with E-state index in [1.165, 1.54) is 12.1 Å². The third-order valence-electron chi connectivity index (χ3n) is 4.48. The van der Waals surface area contributed by atoms with Crippen molar-refractivity contribution < 1.29 is 13.9 Å². The number of halogens is 1. The van der Waals surface area contributed by atoms with Crippen LogP contribution in [-0.4, -0.2) is 36.1 Å². The highest BCUT2D eigenvalue weighted by Crippen LogP contribution is 2.15. The Hall–Kier alpha value is -2.24. The van der Waals surface area contributed by atoms with Gasteiger partial charge in [0.15, 0.2) is 0 Å². The highest BCUT2D eigenvalue weighted by atomic mass is 19.1. The minimum Gasteiger partial charge on any atom is -0.372 e. The van der Waals surface area contributed by atoms with Gasteiger partial charge >= 0.3 is 0 Å². The maximum atomic E-state index is 12.9. The summed E-state index contributed by atoms with van der Waals surface area (Å²) < 4.78 is 18.6. The first-order chi connectivity index (χ1) is 12.5. The number of nitrogens with one attached hydrogen (secondary N) is 1. The standard InChI is InChI=1S/C21H25FN2O2/c1-15-13-24(14-16(2)26-15)21(25)19-7-3-17(4-8-19)11-23-12-18-5-9-20(22)10-6-18/h3-10,15-16,23H,11-14H2,1-2H3/t15-,16-/m1/s1. The summed E-state index contributed by atoms with van der Waals surface area (Å²) in [6.07, 6.45) is 0.135. The Morgan fingerprint density at radius 2 is 1.50 bits per heavy atom. The summed E-state index contributed by atoms with van der Waals surface area (Å²) in [5, 5.41) is 3.33. The van der Waals surface area contributed by atoms with Gasteiger partial charge in [-0.15, -0.1) is 0 Å². The molecule has 0 unspecified atom stereocenters. The molecule has 0 aromatic heterocycles. The third-order valence-corrected chi connectivity index (χ3v) is 4.48. The van der Waals surface area contributed by atoms with Crippen LogP contribution in [0.4, 0.5) is 4.39 Å². The Kier molecular flexibility index (Phi) is 6.01. The van der Waals surface area contributed by atoms with Crippen LogP contribution in [0.2, 0.25) is 0 Å².